The Balaban J connectivity index is 2.13. The van der Waals surface area contributed by atoms with Gasteiger partial charge in [-0.15, -0.1) is 0 Å². The minimum Gasteiger partial charge on any atom is -0.481 e. The normalized spacial score (nSPS) is 22.3. The predicted molar refractivity (Wildman–Crippen MR) is 80.5 cm³/mol. The Morgan fingerprint density at radius 2 is 2.05 bits per heavy atom. The number of anilines is 1. The highest BCUT2D eigenvalue weighted by molar-refractivity contribution is 9.10. The molecule has 1 heterocycles. The van der Waals surface area contributed by atoms with E-state index in [0.717, 1.165) is 24.0 Å². The molecule has 1 aromatic carbocycles. The van der Waals surface area contributed by atoms with Gasteiger partial charge in [0.05, 0.1) is 6.42 Å². The first-order valence-electron chi connectivity index (χ1n) is 6.61. The average Bonchev–Trinajstić information content (AvgIpc) is 2.32. The van der Waals surface area contributed by atoms with Gasteiger partial charge in [-0.3, -0.25) is 4.79 Å². The standard InChI is InChI=1S/C15H20BrNO2/c1-15(2)7-8-17(10-11(15)9-14(18)19)13-5-3-12(16)4-6-13/h3-6,11H,7-10H2,1-2H3,(H,18,19). The van der Waals surface area contributed by atoms with E-state index in [-0.39, 0.29) is 17.8 Å². The summed E-state index contributed by atoms with van der Waals surface area (Å²) in [6.07, 6.45) is 1.28. The van der Waals surface area contributed by atoms with E-state index in [1.807, 2.05) is 12.1 Å². The van der Waals surface area contributed by atoms with E-state index < -0.39 is 5.97 Å². The number of piperidine rings is 1. The number of hydrogen-bond donors (Lipinski definition) is 1. The Labute approximate surface area is 122 Å². The van der Waals surface area contributed by atoms with Crippen molar-refractivity contribution in [3.8, 4) is 0 Å². The molecule has 104 valence electrons. The lowest BCUT2D eigenvalue weighted by molar-refractivity contribution is -0.139. The van der Waals surface area contributed by atoms with Crippen molar-refractivity contribution < 1.29 is 9.90 Å². The van der Waals surface area contributed by atoms with Gasteiger partial charge in [0.25, 0.3) is 0 Å². The first-order valence-corrected chi connectivity index (χ1v) is 7.40. The molecule has 0 bridgehead atoms. The number of carboxylic acid groups (broad SMARTS) is 1. The van der Waals surface area contributed by atoms with Crippen LogP contribution in [0.2, 0.25) is 0 Å². The Hall–Kier alpha value is -1.03. The molecule has 0 radical (unpaired) electrons. The van der Waals surface area contributed by atoms with E-state index in [0.29, 0.717) is 0 Å². The molecule has 3 nitrogen and oxygen atoms in total. The van der Waals surface area contributed by atoms with E-state index in [2.05, 4.69) is 46.8 Å². The average molecular weight is 326 g/mol. The zero-order valence-electron chi connectivity index (χ0n) is 11.4. The summed E-state index contributed by atoms with van der Waals surface area (Å²) >= 11 is 3.44. The maximum Gasteiger partial charge on any atom is 0.303 e. The third-order valence-corrected chi connectivity index (χ3v) is 4.71. The van der Waals surface area contributed by atoms with E-state index in [1.165, 1.54) is 5.69 Å². The second kappa shape index (κ2) is 5.53. The van der Waals surface area contributed by atoms with Crippen LogP contribution in [-0.2, 0) is 4.79 Å². The van der Waals surface area contributed by atoms with Crippen LogP contribution in [0.4, 0.5) is 5.69 Å². The molecule has 0 aromatic heterocycles. The van der Waals surface area contributed by atoms with E-state index in [1.54, 1.807) is 0 Å². The first kappa shape index (κ1) is 14.4. The van der Waals surface area contributed by atoms with E-state index in [4.69, 9.17) is 5.11 Å². The first-order chi connectivity index (χ1) is 8.88. The van der Waals surface area contributed by atoms with Gasteiger partial charge in [0.1, 0.15) is 0 Å². The van der Waals surface area contributed by atoms with Crippen LogP contribution in [0.1, 0.15) is 26.7 Å². The van der Waals surface area contributed by atoms with Crippen molar-refractivity contribution >= 4 is 27.6 Å². The van der Waals surface area contributed by atoms with Gasteiger partial charge in [-0.05, 0) is 42.0 Å². The van der Waals surface area contributed by atoms with Gasteiger partial charge in [-0.2, -0.15) is 0 Å². The number of benzene rings is 1. The molecule has 1 aliphatic heterocycles. The number of halogens is 1. The van der Waals surface area contributed by atoms with Crippen molar-refractivity contribution in [1.29, 1.82) is 0 Å². The fraction of sp³-hybridized carbons (Fsp3) is 0.533. The second-order valence-corrected chi connectivity index (χ2v) is 6.87. The molecule has 1 atom stereocenters. The summed E-state index contributed by atoms with van der Waals surface area (Å²) in [4.78, 5) is 13.3. The highest BCUT2D eigenvalue weighted by Gasteiger charge is 2.36. The summed E-state index contributed by atoms with van der Waals surface area (Å²) in [6, 6.07) is 8.23. The summed E-state index contributed by atoms with van der Waals surface area (Å²) in [5.74, 6) is -0.502. The van der Waals surface area contributed by atoms with Gasteiger partial charge < -0.3 is 10.0 Å². The Bertz CT molecular complexity index is 456. The topological polar surface area (TPSA) is 40.5 Å². The zero-order chi connectivity index (χ0) is 14.0. The Morgan fingerprint density at radius 3 is 2.63 bits per heavy atom. The van der Waals surface area contributed by atoms with E-state index in [9.17, 15) is 4.79 Å². The van der Waals surface area contributed by atoms with Crippen LogP contribution < -0.4 is 4.90 Å². The monoisotopic (exact) mass is 325 g/mol. The van der Waals surface area contributed by atoms with Crippen molar-refractivity contribution in [1.82, 2.24) is 0 Å². The Kier molecular flexibility index (Phi) is 4.19. The molecule has 1 saturated heterocycles. The number of hydrogen-bond acceptors (Lipinski definition) is 2. The van der Waals surface area contributed by atoms with Gasteiger partial charge in [0, 0.05) is 23.2 Å². The van der Waals surface area contributed by atoms with E-state index >= 15 is 0 Å². The Morgan fingerprint density at radius 1 is 1.42 bits per heavy atom. The molecule has 1 N–H and O–H groups in total. The molecule has 1 unspecified atom stereocenters. The summed E-state index contributed by atoms with van der Waals surface area (Å²) in [6.45, 7) is 6.17. The predicted octanol–water partition coefficient (Wildman–Crippen LogP) is 3.78. The molecular formula is C15H20BrNO2. The number of carboxylic acids is 1. The smallest absolute Gasteiger partial charge is 0.303 e. The summed E-state index contributed by atoms with van der Waals surface area (Å²) < 4.78 is 1.07. The number of aliphatic carboxylic acids is 1. The van der Waals surface area contributed by atoms with Crippen LogP contribution in [0.3, 0.4) is 0 Å². The van der Waals surface area contributed by atoms with Crippen LogP contribution >= 0.6 is 15.9 Å². The molecule has 1 aromatic rings. The minimum atomic E-state index is -0.698. The van der Waals surface area contributed by atoms with Gasteiger partial charge in [0.2, 0.25) is 0 Å². The second-order valence-electron chi connectivity index (χ2n) is 5.96. The number of carbonyl (C=O) groups is 1. The van der Waals surface area contributed by atoms with Crippen molar-refractivity contribution in [2.45, 2.75) is 26.7 Å². The van der Waals surface area contributed by atoms with Crippen LogP contribution in [0.5, 0.6) is 0 Å². The SMILES string of the molecule is CC1(C)CCN(c2ccc(Br)cc2)CC1CC(=O)O. The van der Waals surface area contributed by atoms with Crippen molar-refractivity contribution in [2.24, 2.45) is 11.3 Å². The van der Waals surface area contributed by atoms with Crippen molar-refractivity contribution in [3.63, 3.8) is 0 Å². The molecule has 0 aliphatic carbocycles. The molecule has 1 aliphatic rings. The van der Waals surface area contributed by atoms with Crippen molar-refractivity contribution in [2.75, 3.05) is 18.0 Å². The lowest BCUT2D eigenvalue weighted by Gasteiger charge is -2.44. The molecule has 1 fully saturated rings. The van der Waals surface area contributed by atoms with Crippen LogP contribution in [-0.4, -0.2) is 24.2 Å². The zero-order valence-corrected chi connectivity index (χ0v) is 13.0. The maximum atomic E-state index is 11.0. The highest BCUT2D eigenvalue weighted by Crippen LogP contribution is 2.39. The summed E-state index contributed by atoms with van der Waals surface area (Å²) in [7, 11) is 0. The molecule has 0 spiro atoms. The molecule has 0 amide bonds. The van der Waals surface area contributed by atoms with Gasteiger partial charge >= 0.3 is 5.97 Å². The molecular weight excluding hydrogens is 306 g/mol. The van der Waals surface area contributed by atoms with Gasteiger partial charge in [-0.1, -0.05) is 29.8 Å². The summed E-state index contributed by atoms with van der Waals surface area (Å²) in [5.41, 5.74) is 1.28. The lowest BCUT2D eigenvalue weighted by Crippen LogP contribution is -2.45. The fourth-order valence-electron chi connectivity index (χ4n) is 2.67. The molecule has 4 heteroatoms. The van der Waals surface area contributed by atoms with Crippen LogP contribution in [0.25, 0.3) is 0 Å². The fourth-order valence-corrected chi connectivity index (χ4v) is 2.93. The summed E-state index contributed by atoms with van der Waals surface area (Å²) in [5, 5.41) is 9.07. The highest BCUT2D eigenvalue weighted by atomic mass is 79.9. The largest absolute Gasteiger partial charge is 0.481 e. The quantitative estimate of drug-likeness (QED) is 0.919. The maximum absolute atomic E-state index is 11.0. The lowest BCUT2D eigenvalue weighted by atomic mass is 9.72. The minimum absolute atomic E-state index is 0.101. The third-order valence-electron chi connectivity index (χ3n) is 4.18. The van der Waals surface area contributed by atoms with Crippen LogP contribution in [0.15, 0.2) is 28.7 Å². The molecule has 2 rings (SSSR count). The number of rotatable bonds is 3. The molecule has 19 heavy (non-hydrogen) atoms. The van der Waals surface area contributed by atoms with Crippen LogP contribution in [0, 0.1) is 11.3 Å². The van der Waals surface area contributed by atoms with Gasteiger partial charge in [0.15, 0.2) is 0 Å². The molecule has 0 saturated carbocycles. The number of nitrogens with zero attached hydrogens (tertiary/aromatic N) is 1. The third kappa shape index (κ3) is 3.50. The van der Waals surface area contributed by atoms with Gasteiger partial charge in [-0.25, -0.2) is 0 Å². The van der Waals surface area contributed by atoms with Crippen molar-refractivity contribution in [3.05, 3.63) is 28.7 Å².